The number of rotatable bonds is 3. The van der Waals surface area contributed by atoms with Crippen LogP contribution in [0.2, 0.25) is 0 Å². The summed E-state index contributed by atoms with van der Waals surface area (Å²) in [5, 5.41) is 5.88. The Hall–Kier alpha value is -1.10. The number of hydrogen-bond donors (Lipinski definition) is 3. The van der Waals surface area contributed by atoms with Gasteiger partial charge in [-0.3, -0.25) is 9.59 Å². The van der Waals surface area contributed by atoms with E-state index in [0.717, 1.165) is 32.1 Å². The molecule has 19 heavy (non-hydrogen) atoms. The minimum absolute atomic E-state index is 0.0629. The molecule has 1 saturated heterocycles. The molecule has 0 aromatic rings. The van der Waals surface area contributed by atoms with Gasteiger partial charge in [-0.15, -0.1) is 0 Å². The third-order valence-corrected chi connectivity index (χ3v) is 4.70. The first-order chi connectivity index (χ1) is 9.05. The van der Waals surface area contributed by atoms with Gasteiger partial charge in [-0.1, -0.05) is 6.92 Å². The summed E-state index contributed by atoms with van der Waals surface area (Å²) in [6.07, 6.45) is 5.15. The lowest BCUT2D eigenvalue weighted by molar-refractivity contribution is -0.134. The molecule has 2 fully saturated rings. The number of nitrogens with one attached hydrogen (secondary N) is 2. The van der Waals surface area contributed by atoms with Crippen molar-refractivity contribution in [2.24, 2.45) is 17.1 Å². The highest BCUT2D eigenvalue weighted by molar-refractivity contribution is 5.84. The molecule has 0 radical (unpaired) electrons. The Labute approximate surface area is 114 Å². The standard InChI is InChI=1S/C14H25N3O2/c1-10-4-6-14(9-15,7-5-10)13(19)17-11-2-3-12(18)16-8-11/h10-11H,2-9,15H2,1H3,(H,16,18)(H,17,19). The zero-order valence-corrected chi connectivity index (χ0v) is 11.7. The first-order valence-corrected chi connectivity index (χ1v) is 7.33. The number of amides is 2. The Balaban J connectivity index is 1.91. The first kappa shape index (κ1) is 14.3. The molecule has 0 aromatic carbocycles. The minimum Gasteiger partial charge on any atom is -0.354 e. The molecule has 2 rings (SSSR count). The van der Waals surface area contributed by atoms with Gasteiger partial charge in [0.15, 0.2) is 0 Å². The van der Waals surface area contributed by atoms with Crippen LogP contribution >= 0.6 is 0 Å². The molecule has 1 heterocycles. The SMILES string of the molecule is CC1CCC(CN)(C(=O)NC2CCC(=O)NC2)CC1. The predicted octanol–water partition coefficient (Wildman–Crippen LogP) is 0.536. The molecule has 108 valence electrons. The number of carbonyl (C=O) groups is 2. The van der Waals surface area contributed by atoms with Crippen molar-refractivity contribution in [3.05, 3.63) is 0 Å². The van der Waals surface area contributed by atoms with Crippen molar-refractivity contribution in [3.63, 3.8) is 0 Å². The number of carbonyl (C=O) groups excluding carboxylic acids is 2. The second kappa shape index (κ2) is 5.90. The molecule has 5 heteroatoms. The fourth-order valence-corrected chi connectivity index (χ4v) is 3.03. The van der Waals surface area contributed by atoms with Gasteiger partial charge >= 0.3 is 0 Å². The second-order valence-corrected chi connectivity index (χ2v) is 6.18. The van der Waals surface area contributed by atoms with Crippen molar-refractivity contribution in [1.29, 1.82) is 0 Å². The highest BCUT2D eigenvalue weighted by Crippen LogP contribution is 2.38. The van der Waals surface area contributed by atoms with Gasteiger partial charge in [0, 0.05) is 25.6 Å². The van der Waals surface area contributed by atoms with Crippen LogP contribution in [0, 0.1) is 11.3 Å². The topological polar surface area (TPSA) is 84.2 Å². The van der Waals surface area contributed by atoms with Crippen LogP contribution in [0.1, 0.15) is 45.4 Å². The van der Waals surface area contributed by atoms with Gasteiger partial charge < -0.3 is 16.4 Å². The molecule has 5 nitrogen and oxygen atoms in total. The molecule has 2 amide bonds. The summed E-state index contributed by atoms with van der Waals surface area (Å²) in [7, 11) is 0. The van der Waals surface area contributed by atoms with Crippen LogP contribution < -0.4 is 16.4 Å². The Morgan fingerprint density at radius 2 is 2.11 bits per heavy atom. The first-order valence-electron chi connectivity index (χ1n) is 7.33. The van der Waals surface area contributed by atoms with E-state index < -0.39 is 0 Å². The van der Waals surface area contributed by atoms with Crippen molar-refractivity contribution in [3.8, 4) is 0 Å². The zero-order valence-electron chi connectivity index (χ0n) is 11.7. The molecule has 1 aliphatic carbocycles. The second-order valence-electron chi connectivity index (χ2n) is 6.18. The lowest BCUT2D eigenvalue weighted by Crippen LogP contribution is -2.54. The maximum absolute atomic E-state index is 12.5. The summed E-state index contributed by atoms with van der Waals surface area (Å²) in [6, 6.07) is 0.0629. The number of piperidine rings is 1. The molecular weight excluding hydrogens is 242 g/mol. The summed E-state index contributed by atoms with van der Waals surface area (Å²) < 4.78 is 0. The molecule has 1 atom stereocenters. The Kier molecular flexibility index (Phi) is 4.45. The molecular formula is C14H25N3O2. The van der Waals surface area contributed by atoms with Crippen molar-refractivity contribution < 1.29 is 9.59 Å². The minimum atomic E-state index is -0.381. The lowest BCUT2D eigenvalue weighted by atomic mass is 9.70. The van der Waals surface area contributed by atoms with E-state index in [4.69, 9.17) is 5.73 Å². The average Bonchev–Trinajstić information content (AvgIpc) is 2.42. The normalized spacial score (nSPS) is 35.6. The van der Waals surface area contributed by atoms with E-state index in [0.29, 0.717) is 25.4 Å². The predicted molar refractivity (Wildman–Crippen MR) is 73.3 cm³/mol. The summed E-state index contributed by atoms with van der Waals surface area (Å²) in [4.78, 5) is 23.6. The largest absolute Gasteiger partial charge is 0.354 e. The van der Waals surface area contributed by atoms with Crippen LogP contribution in [-0.4, -0.2) is 30.9 Å². The summed E-state index contributed by atoms with van der Waals surface area (Å²) in [5.41, 5.74) is 5.50. The summed E-state index contributed by atoms with van der Waals surface area (Å²) in [5.74, 6) is 0.857. The highest BCUT2D eigenvalue weighted by Gasteiger charge is 2.40. The van der Waals surface area contributed by atoms with E-state index in [1.54, 1.807) is 0 Å². The van der Waals surface area contributed by atoms with Gasteiger partial charge in [0.2, 0.25) is 11.8 Å². The van der Waals surface area contributed by atoms with Gasteiger partial charge in [0.25, 0.3) is 0 Å². The maximum atomic E-state index is 12.5. The van der Waals surface area contributed by atoms with Crippen LogP contribution in [0.25, 0.3) is 0 Å². The third kappa shape index (κ3) is 3.26. The monoisotopic (exact) mass is 267 g/mol. The molecule has 2 aliphatic rings. The van der Waals surface area contributed by atoms with E-state index in [1.165, 1.54) is 0 Å². The van der Waals surface area contributed by atoms with Crippen LogP contribution in [-0.2, 0) is 9.59 Å². The molecule has 0 spiro atoms. The van der Waals surface area contributed by atoms with Gasteiger partial charge in [-0.2, -0.15) is 0 Å². The van der Waals surface area contributed by atoms with Gasteiger partial charge in [0.1, 0.15) is 0 Å². The van der Waals surface area contributed by atoms with Crippen molar-refractivity contribution >= 4 is 11.8 Å². The quantitative estimate of drug-likeness (QED) is 0.697. The summed E-state index contributed by atoms with van der Waals surface area (Å²) >= 11 is 0. The Bertz CT molecular complexity index is 339. The van der Waals surface area contributed by atoms with E-state index in [1.807, 2.05) is 0 Å². The van der Waals surface area contributed by atoms with E-state index >= 15 is 0 Å². The van der Waals surface area contributed by atoms with Crippen molar-refractivity contribution in [2.75, 3.05) is 13.1 Å². The van der Waals surface area contributed by atoms with Gasteiger partial charge in [-0.25, -0.2) is 0 Å². The fourth-order valence-electron chi connectivity index (χ4n) is 3.03. The van der Waals surface area contributed by atoms with E-state index in [9.17, 15) is 9.59 Å². The zero-order chi connectivity index (χ0) is 13.9. The van der Waals surface area contributed by atoms with Crippen molar-refractivity contribution in [2.45, 2.75) is 51.5 Å². The molecule has 1 unspecified atom stereocenters. The van der Waals surface area contributed by atoms with Crippen LogP contribution in [0.4, 0.5) is 0 Å². The number of nitrogens with two attached hydrogens (primary N) is 1. The van der Waals surface area contributed by atoms with Gasteiger partial charge in [0.05, 0.1) is 5.41 Å². The maximum Gasteiger partial charge on any atom is 0.227 e. The average molecular weight is 267 g/mol. The Morgan fingerprint density at radius 1 is 1.42 bits per heavy atom. The highest BCUT2D eigenvalue weighted by atomic mass is 16.2. The molecule has 0 aromatic heterocycles. The van der Waals surface area contributed by atoms with Crippen LogP contribution in [0.5, 0.6) is 0 Å². The van der Waals surface area contributed by atoms with Crippen molar-refractivity contribution in [1.82, 2.24) is 10.6 Å². The molecule has 1 saturated carbocycles. The van der Waals surface area contributed by atoms with Crippen LogP contribution in [0.3, 0.4) is 0 Å². The molecule has 4 N–H and O–H groups in total. The Morgan fingerprint density at radius 3 is 2.63 bits per heavy atom. The van der Waals surface area contributed by atoms with Gasteiger partial charge in [-0.05, 0) is 38.0 Å². The molecule has 1 aliphatic heterocycles. The van der Waals surface area contributed by atoms with Crippen LogP contribution in [0.15, 0.2) is 0 Å². The smallest absolute Gasteiger partial charge is 0.227 e. The van der Waals surface area contributed by atoms with E-state index in [2.05, 4.69) is 17.6 Å². The third-order valence-electron chi connectivity index (χ3n) is 4.70. The summed E-state index contributed by atoms with van der Waals surface area (Å²) in [6.45, 7) is 3.20. The fraction of sp³-hybridized carbons (Fsp3) is 0.857. The molecule has 0 bridgehead atoms. The lowest BCUT2D eigenvalue weighted by Gasteiger charge is -2.38. The number of hydrogen-bond acceptors (Lipinski definition) is 3. The van der Waals surface area contributed by atoms with E-state index in [-0.39, 0.29) is 23.3 Å².